The molecule has 1 unspecified atom stereocenters. The van der Waals surface area contributed by atoms with Gasteiger partial charge in [0.1, 0.15) is 17.3 Å². The summed E-state index contributed by atoms with van der Waals surface area (Å²) in [6, 6.07) is 0. The third-order valence-corrected chi connectivity index (χ3v) is 5.02. The van der Waals surface area contributed by atoms with Gasteiger partial charge in [-0.3, -0.25) is 9.69 Å². The van der Waals surface area contributed by atoms with Crippen LogP contribution in [0.25, 0.3) is 0 Å². The smallest absolute Gasteiger partial charge is 0.475 e. The molecule has 1 atom stereocenters. The zero-order chi connectivity index (χ0) is 23.3. The predicted molar refractivity (Wildman–Crippen MR) is 95.2 cm³/mol. The Labute approximate surface area is 175 Å². The molecule has 3 rings (SSSR count). The topological polar surface area (TPSA) is 104 Å². The fourth-order valence-corrected chi connectivity index (χ4v) is 3.65. The quantitative estimate of drug-likeness (QED) is 0.648. The number of likely N-dealkylation sites (tertiary alicyclic amines) is 1. The number of thiazole rings is 1. The van der Waals surface area contributed by atoms with E-state index in [0.29, 0.717) is 13.1 Å². The molecule has 0 aromatic carbocycles. The molecule has 174 valence electrons. The average molecular weight is 476 g/mol. The summed E-state index contributed by atoms with van der Waals surface area (Å²) in [5.74, 6) is -3.58. The number of carbonyl (C=O) groups excluding carboxylic acids is 1. The molecule has 15 heteroatoms. The summed E-state index contributed by atoms with van der Waals surface area (Å²) in [7, 11) is 0. The molecule has 1 spiro atoms. The second kappa shape index (κ2) is 9.80. The number of rotatable bonds is 4. The predicted octanol–water partition coefficient (Wildman–Crippen LogP) is 2.57. The van der Waals surface area contributed by atoms with Crippen LogP contribution in [0.2, 0.25) is 0 Å². The zero-order valence-electron chi connectivity index (χ0n) is 15.8. The Hall–Kier alpha value is -2.42. The van der Waals surface area contributed by atoms with E-state index in [1.807, 2.05) is 10.7 Å². The normalized spacial score (nSPS) is 21.7. The van der Waals surface area contributed by atoms with E-state index in [9.17, 15) is 31.1 Å². The number of piperidine rings is 1. The summed E-state index contributed by atoms with van der Waals surface area (Å²) in [4.78, 5) is 32.6. The van der Waals surface area contributed by atoms with E-state index < -0.39 is 36.4 Å². The van der Waals surface area contributed by atoms with Gasteiger partial charge in [-0.2, -0.15) is 26.3 Å². The van der Waals surface area contributed by atoms with E-state index in [2.05, 4.69) is 15.0 Å². The maximum Gasteiger partial charge on any atom is 0.490 e. The summed E-state index contributed by atoms with van der Waals surface area (Å²) in [6.07, 6.45) is -5.95. The summed E-state index contributed by atoms with van der Waals surface area (Å²) in [5.41, 5.74) is -0.601. The van der Waals surface area contributed by atoms with Gasteiger partial charge >= 0.3 is 18.3 Å². The molecule has 8 nitrogen and oxygen atoms in total. The molecule has 31 heavy (non-hydrogen) atoms. The van der Waals surface area contributed by atoms with Crippen molar-refractivity contribution in [3.8, 4) is 0 Å². The number of nitrogens with zero attached hydrogens (tertiary/aromatic N) is 3. The maximum absolute atomic E-state index is 12.2. The lowest BCUT2D eigenvalue weighted by Gasteiger charge is -2.37. The first-order valence-corrected chi connectivity index (χ1v) is 9.68. The number of alkyl halides is 6. The summed E-state index contributed by atoms with van der Waals surface area (Å²) in [5, 5.41) is 15.6. The maximum atomic E-state index is 12.2. The van der Waals surface area contributed by atoms with Crippen molar-refractivity contribution in [2.24, 2.45) is 5.16 Å². The van der Waals surface area contributed by atoms with E-state index in [-0.39, 0.29) is 12.1 Å². The Morgan fingerprint density at radius 3 is 2.52 bits per heavy atom. The van der Waals surface area contributed by atoms with Gasteiger partial charge in [0.15, 0.2) is 5.60 Å². The molecule has 2 N–H and O–H groups in total. The van der Waals surface area contributed by atoms with Crippen molar-refractivity contribution in [3.05, 3.63) is 16.6 Å². The van der Waals surface area contributed by atoms with Gasteiger partial charge in [0, 0.05) is 24.5 Å². The number of aliphatic carboxylic acids is 1. The van der Waals surface area contributed by atoms with Gasteiger partial charge in [-0.25, -0.2) is 9.78 Å². The minimum atomic E-state index is -5.08. The Morgan fingerprint density at radius 1 is 1.29 bits per heavy atom. The van der Waals surface area contributed by atoms with Crippen LogP contribution in [0, 0.1) is 0 Å². The fraction of sp³-hybridized carbons (Fsp3) is 0.625. The second-order valence-corrected chi connectivity index (χ2v) is 7.81. The first-order chi connectivity index (χ1) is 14.3. The van der Waals surface area contributed by atoms with Crippen molar-refractivity contribution >= 4 is 28.9 Å². The molecule has 3 heterocycles. The highest BCUT2D eigenvalue weighted by Crippen LogP contribution is 2.34. The van der Waals surface area contributed by atoms with Crippen LogP contribution in [0.3, 0.4) is 0 Å². The molecule has 1 amide bonds. The lowest BCUT2D eigenvalue weighted by molar-refractivity contribution is -0.192. The van der Waals surface area contributed by atoms with Crippen molar-refractivity contribution in [2.45, 2.75) is 43.8 Å². The second-order valence-electron chi connectivity index (χ2n) is 6.83. The van der Waals surface area contributed by atoms with Crippen molar-refractivity contribution in [1.29, 1.82) is 0 Å². The number of halogens is 6. The Kier molecular flexibility index (Phi) is 7.86. The number of carbonyl (C=O) groups is 2. The molecule has 1 aromatic heterocycles. The molecule has 0 saturated carbocycles. The van der Waals surface area contributed by atoms with Gasteiger partial charge < -0.3 is 15.3 Å². The Bertz CT molecular complexity index is 799. The van der Waals surface area contributed by atoms with Gasteiger partial charge in [-0.05, 0) is 19.4 Å². The van der Waals surface area contributed by atoms with Crippen molar-refractivity contribution in [2.75, 3.05) is 19.6 Å². The lowest BCUT2D eigenvalue weighted by Crippen LogP contribution is -2.48. The van der Waals surface area contributed by atoms with Gasteiger partial charge in [0.2, 0.25) is 0 Å². The summed E-state index contributed by atoms with van der Waals surface area (Å²) < 4.78 is 68.3. The molecule has 2 aliphatic heterocycles. The zero-order valence-corrected chi connectivity index (χ0v) is 16.6. The van der Waals surface area contributed by atoms with Gasteiger partial charge in [0.05, 0.1) is 6.54 Å². The van der Waals surface area contributed by atoms with Crippen LogP contribution in [-0.2, 0) is 21.0 Å². The largest absolute Gasteiger partial charge is 0.490 e. The number of carboxylic acid groups (broad SMARTS) is 1. The standard InChI is InChI=1S/C14H17F3N4O2S.C2HF3O2/c15-14(16,17)8-19-12(22)10-6-13(23-20-10)2-1-4-21(9-13)7-11-18-3-5-24-11;3-2(4,5)1(6)7/h3,5H,1-2,4,6-9H2,(H,19,22);(H,6,7). The molecule has 0 radical (unpaired) electrons. The van der Waals surface area contributed by atoms with Gasteiger partial charge in [-0.15, -0.1) is 11.3 Å². The lowest BCUT2D eigenvalue weighted by atomic mass is 9.88. The molecule has 1 saturated heterocycles. The van der Waals surface area contributed by atoms with Crippen LogP contribution >= 0.6 is 11.3 Å². The molecule has 1 aromatic rings. The molecular weight excluding hydrogens is 458 g/mol. The third kappa shape index (κ3) is 7.97. The van der Waals surface area contributed by atoms with E-state index in [4.69, 9.17) is 14.7 Å². The number of aromatic nitrogens is 1. The first kappa shape index (κ1) is 24.8. The van der Waals surface area contributed by atoms with Crippen LogP contribution in [0.1, 0.15) is 24.3 Å². The van der Waals surface area contributed by atoms with Crippen molar-refractivity contribution < 1.29 is 45.9 Å². The van der Waals surface area contributed by atoms with E-state index >= 15 is 0 Å². The number of hydrogen-bond acceptors (Lipinski definition) is 7. The molecule has 0 aliphatic carbocycles. The first-order valence-electron chi connectivity index (χ1n) is 8.80. The molecule has 1 fully saturated rings. The Balaban J connectivity index is 0.000000423. The number of hydrogen-bond donors (Lipinski definition) is 2. The third-order valence-electron chi connectivity index (χ3n) is 4.25. The highest BCUT2D eigenvalue weighted by molar-refractivity contribution is 7.09. The van der Waals surface area contributed by atoms with Gasteiger partial charge in [0.25, 0.3) is 5.91 Å². The van der Waals surface area contributed by atoms with E-state index in [0.717, 1.165) is 24.4 Å². The van der Waals surface area contributed by atoms with Crippen LogP contribution in [0.5, 0.6) is 0 Å². The molecule has 0 bridgehead atoms. The van der Waals surface area contributed by atoms with Crippen LogP contribution in [0.15, 0.2) is 16.7 Å². The van der Waals surface area contributed by atoms with E-state index in [1.165, 1.54) is 0 Å². The summed E-state index contributed by atoms with van der Waals surface area (Å²) >= 11 is 1.57. The number of oxime groups is 1. The molecule has 2 aliphatic rings. The SMILES string of the molecule is O=C(NCC(F)(F)F)C1=NOC2(CCCN(Cc3nccs3)C2)C1.O=C(O)C(F)(F)F. The van der Waals surface area contributed by atoms with Gasteiger partial charge in [-0.1, -0.05) is 5.16 Å². The molecular formula is C16H18F6N4O4S. The number of nitrogens with one attached hydrogen (secondary N) is 1. The van der Waals surface area contributed by atoms with Crippen LogP contribution in [-0.4, -0.2) is 70.2 Å². The monoisotopic (exact) mass is 476 g/mol. The van der Waals surface area contributed by atoms with Crippen molar-refractivity contribution in [1.82, 2.24) is 15.2 Å². The Morgan fingerprint density at radius 2 is 1.97 bits per heavy atom. The number of carboxylic acids is 1. The highest BCUT2D eigenvalue weighted by Gasteiger charge is 2.45. The van der Waals surface area contributed by atoms with Crippen molar-refractivity contribution in [3.63, 3.8) is 0 Å². The van der Waals surface area contributed by atoms with Crippen LogP contribution < -0.4 is 5.32 Å². The van der Waals surface area contributed by atoms with E-state index in [1.54, 1.807) is 17.5 Å². The average Bonchev–Trinajstić information content (AvgIpc) is 3.29. The minimum Gasteiger partial charge on any atom is -0.475 e. The minimum absolute atomic E-state index is 0.0235. The fourth-order valence-electron chi connectivity index (χ4n) is 2.99. The summed E-state index contributed by atoms with van der Waals surface area (Å²) in [6.45, 7) is 0.791. The highest BCUT2D eigenvalue weighted by atomic mass is 32.1. The number of amides is 1. The van der Waals surface area contributed by atoms with Crippen LogP contribution in [0.4, 0.5) is 26.3 Å².